The van der Waals surface area contributed by atoms with E-state index in [1.807, 2.05) is 37.0 Å². The molecule has 0 radical (unpaired) electrons. The van der Waals surface area contributed by atoms with Gasteiger partial charge in [0.25, 0.3) is 0 Å². The molecule has 0 bridgehead atoms. The van der Waals surface area contributed by atoms with E-state index in [1.54, 1.807) is 13.2 Å². The third kappa shape index (κ3) is 2.98. The molecular weight excluding hydrogens is 252 g/mol. The lowest BCUT2D eigenvalue weighted by Crippen LogP contribution is -2.14. The number of methoxy groups -OCH3 is 1. The Morgan fingerprint density at radius 3 is 2.70 bits per heavy atom. The van der Waals surface area contributed by atoms with Crippen LogP contribution in [0.1, 0.15) is 22.4 Å². The van der Waals surface area contributed by atoms with Gasteiger partial charge < -0.3 is 10.1 Å². The SMILES string of the molecule is COc1ccc(C#N)cc1CNCc1cnn(C)c1C. The van der Waals surface area contributed by atoms with Crippen molar-refractivity contribution in [2.24, 2.45) is 7.05 Å². The molecule has 2 rings (SSSR count). The standard InChI is InChI=1S/C15H18N4O/c1-11-14(10-18-19(11)2)9-17-8-13-6-12(7-16)4-5-15(13)20-3/h4-6,10,17H,8-9H2,1-3H3. The smallest absolute Gasteiger partial charge is 0.123 e. The molecule has 0 aliphatic carbocycles. The van der Waals surface area contributed by atoms with Gasteiger partial charge in [-0.2, -0.15) is 10.4 Å². The summed E-state index contributed by atoms with van der Waals surface area (Å²) in [4.78, 5) is 0. The lowest BCUT2D eigenvalue weighted by molar-refractivity contribution is 0.407. The van der Waals surface area contributed by atoms with E-state index in [0.717, 1.165) is 23.6 Å². The minimum Gasteiger partial charge on any atom is -0.496 e. The molecule has 5 nitrogen and oxygen atoms in total. The molecular formula is C15H18N4O. The van der Waals surface area contributed by atoms with Crippen molar-refractivity contribution in [2.45, 2.75) is 20.0 Å². The number of ether oxygens (including phenoxy) is 1. The summed E-state index contributed by atoms with van der Waals surface area (Å²) in [6.45, 7) is 3.42. The zero-order chi connectivity index (χ0) is 14.5. The van der Waals surface area contributed by atoms with Gasteiger partial charge in [0.1, 0.15) is 5.75 Å². The summed E-state index contributed by atoms with van der Waals surface area (Å²) in [6.07, 6.45) is 1.87. The van der Waals surface area contributed by atoms with Crippen LogP contribution >= 0.6 is 0 Å². The number of aryl methyl sites for hydroxylation is 1. The molecule has 0 saturated heterocycles. The summed E-state index contributed by atoms with van der Waals surface area (Å²) < 4.78 is 7.16. The van der Waals surface area contributed by atoms with Crippen LogP contribution in [0.4, 0.5) is 0 Å². The highest BCUT2D eigenvalue weighted by atomic mass is 16.5. The number of nitrogens with one attached hydrogen (secondary N) is 1. The molecule has 0 fully saturated rings. The van der Waals surface area contributed by atoms with Crippen LogP contribution < -0.4 is 10.1 Å². The Morgan fingerprint density at radius 1 is 1.35 bits per heavy atom. The first-order chi connectivity index (χ1) is 9.65. The maximum atomic E-state index is 8.95. The predicted molar refractivity (Wildman–Crippen MR) is 76.2 cm³/mol. The molecule has 2 aromatic rings. The zero-order valence-electron chi connectivity index (χ0n) is 12.0. The molecule has 20 heavy (non-hydrogen) atoms. The highest BCUT2D eigenvalue weighted by Crippen LogP contribution is 2.19. The molecule has 1 aromatic carbocycles. The van der Waals surface area contributed by atoms with Crippen LogP contribution in [0.25, 0.3) is 0 Å². The molecule has 0 unspecified atom stereocenters. The average Bonchev–Trinajstić information content (AvgIpc) is 2.79. The third-order valence-electron chi connectivity index (χ3n) is 3.38. The van der Waals surface area contributed by atoms with Crippen molar-refractivity contribution in [1.29, 1.82) is 5.26 Å². The minimum absolute atomic E-state index is 0.639. The van der Waals surface area contributed by atoms with Gasteiger partial charge in [-0.25, -0.2) is 0 Å². The topological polar surface area (TPSA) is 62.9 Å². The fourth-order valence-corrected chi connectivity index (χ4v) is 2.04. The summed E-state index contributed by atoms with van der Waals surface area (Å²) in [7, 11) is 3.56. The van der Waals surface area contributed by atoms with Gasteiger partial charge in [0.15, 0.2) is 0 Å². The number of aromatic nitrogens is 2. The average molecular weight is 270 g/mol. The quantitative estimate of drug-likeness (QED) is 0.901. The summed E-state index contributed by atoms with van der Waals surface area (Å²) >= 11 is 0. The second-order valence-electron chi connectivity index (χ2n) is 4.62. The van der Waals surface area contributed by atoms with E-state index in [1.165, 1.54) is 5.56 Å². The van der Waals surface area contributed by atoms with Gasteiger partial charge in [-0.05, 0) is 25.1 Å². The molecule has 104 valence electrons. The fraction of sp³-hybridized carbons (Fsp3) is 0.333. The first kappa shape index (κ1) is 14.1. The zero-order valence-corrected chi connectivity index (χ0v) is 12.0. The van der Waals surface area contributed by atoms with Crippen LogP contribution in [-0.4, -0.2) is 16.9 Å². The van der Waals surface area contributed by atoms with Crippen LogP contribution in [0.3, 0.4) is 0 Å². The van der Waals surface area contributed by atoms with Crippen LogP contribution in [0.5, 0.6) is 5.75 Å². The molecule has 0 atom stereocenters. The van der Waals surface area contributed by atoms with Crippen molar-refractivity contribution in [1.82, 2.24) is 15.1 Å². The number of nitrogens with zero attached hydrogens (tertiary/aromatic N) is 3. The lowest BCUT2D eigenvalue weighted by atomic mass is 10.1. The van der Waals surface area contributed by atoms with E-state index in [9.17, 15) is 0 Å². The predicted octanol–water partition coefficient (Wildman–Crippen LogP) is 1.90. The third-order valence-corrected chi connectivity index (χ3v) is 3.38. The fourth-order valence-electron chi connectivity index (χ4n) is 2.04. The van der Waals surface area contributed by atoms with Crippen molar-refractivity contribution in [2.75, 3.05) is 7.11 Å². The maximum Gasteiger partial charge on any atom is 0.123 e. The molecule has 5 heteroatoms. The Bertz CT molecular complexity index is 640. The number of rotatable bonds is 5. The van der Waals surface area contributed by atoms with Gasteiger partial charge >= 0.3 is 0 Å². The van der Waals surface area contributed by atoms with E-state index in [2.05, 4.69) is 16.5 Å². The molecule has 1 N–H and O–H groups in total. The monoisotopic (exact) mass is 270 g/mol. The normalized spacial score (nSPS) is 10.3. The number of hydrogen-bond acceptors (Lipinski definition) is 4. The first-order valence-electron chi connectivity index (χ1n) is 6.41. The Morgan fingerprint density at radius 2 is 2.10 bits per heavy atom. The van der Waals surface area contributed by atoms with Crippen LogP contribution in [0.2, 0.25) is 0 Å². The Kier molecular flexibility index (Phi) is 4.38. The van der Waals surface area contributed by atoms with Gasteiger partial charge in [0, 0.05) is 37.0 Å². The highest BCUT2D eigenvalue weighted by molar-refractivity contribution is 5.42. The molecule has 0 saturated carbocycles. The van der Waals surface area contributed by atoms with Crippen LogP contribution in [-0.2, 0) is 20.1 Å². The number of nitriles is 1. The Labute approximate surface area is 118 Å². The van der Waals surface area contributed by atoms with E-state index < -0.39 is 0 Å². The van der Waals surface area contributed by atoms with E-state index >= 15 is 0 Å². The van der Waals surface area contributed by atoms with E-state index in [-0.39, 0.29) is 0 Å². The Hall–Kier alpha value is -2.32. The highest BCUT2D eigenvalue weighted by Gasteiger charge is 2.06. The van der Waals surface area contributed by atoms with Crippen molar-refractivity contribution >= 4 is 0 Å². The summed E-state index contributed by atoms with van der Waals surface area (Å²) in [5, 5.41) is 16.5. The van der Waals surface area contributed by atoms with Crippen molar-refractivity contribution in [3.05, 3.63) is 46.8 Å². The summed E-state index contributed by atoms with van der Waals surface area (Å²) in [5.74, 6) is 0.791. The maximum absolute atomic E-state index is 8.95. The molecule has 0 aliphatic rings. The molecule has 0 aliphatic heterocycles. The van der Waals surface area contributed by atoms with E-state index in [0.29, 0.717) is 12.1 Å². The van der Waals surface area contributed by atoms with E-state index in [4.69, 9.17) is 10.00 Å². The van der Waals surface area contributed by atoms with Gasteiger partial charge in [-0.15, -0.1) is 0 Å². The summed E-state index contributed by atoms with van der Waals surface area (Å²) in [5.41, 5.74) is 3.94. The largest absolute Gasteiger partial charge is 0.496 e. The lowest BCUT2D eigenvalue weighted by Gasteiger charge is -2.10. The van der Waals surface area contributed by atoms with Crippen molar-refractivity contribution in [3.63, 3.8) is 0 Å². The van der Waals surface area contributed by atoms with Gasteiger partial charge in [0.05, 0.1) is 24.9 Å². The van der Waals surface area contributed by atoms with Crippen LogP contribution in [0.15, 0.2) is 24.4 Å². The Balaban J connectivity index is 2.04. The van der Waals surface area contributed by atoms with Crippen molar-refractivity contribution < 1.29 is 4.74 Å². The number of benzene rings is 1. The minimum atomic E-state index is 0.639. The summed E-state index contributed by atoms with van der Waals surface area (Å²) in [6, 6.07) is 7.57. The second kappa shape index (κ2) is 6.22. The molecule has 0 spiro atoms. The molecule has 1 aromatic heterocycles. The van der Waals surface area contributed by atoms with Crippen LogP contribution in [0, 0.1) is 18.3 Å². The van der Waals surface area contributed by atoms with Gasteiger partial charge in [-0.1, -0.05) is 0 Å². The number of hydrogen-bond donors (Lipinski definition) is 1. The molecule has 1 heterocycles. The van der Waals surface area contributed by atoms with Crippen molar-refractivity contribution in [3.8, 4) is 11.8 Å². The van der Waals surface area contributed by atoms with Gasteiger partial charge in [0.2, 0.25) is 0 Å². The van der Waals surface area contributed by atoms with Gasteiger partial charge in [-0.3, -0.25) is 4.68 Å². The molecule has 0 amide bonds. The second-order valence-corrected chi connectivity index (χ2v) is 4.62. The first-order valence-corrected chi connectivity index (χ1v) is 6.41.